The highest BCUT2D eigenvalue weighted by molar-refractivity contribution is 6.04. The molecule has 0 spiro atoms. The molecule has 0 saturated carbocycles. The van der Waals surface area contributed by atoms with E-state index in [-0.39, 0.29) is 24.9 Å². The molecule has 1 aromatic heterocycles. The number of aromatic nitrogens is 2. The van der Waals surface area contributed by atoms with Crippen molar-refractivity contribution in [3.8, 4) is 11.3 Å². The maximum atomic E-state index is 11.8. The molecule has 0 unspecified atom stereocenters. The largest absolute Gasteiger partial charge is 0.382 e. The molecule has 1 aliphatic heterocycles. The molecule has 7 nitrogen and oxygen atoms in total. The van der Waals surface area contributed by atoms with Crippen LogP contribution in [0.5, 0.6) is 0 Å². The second-order valence-corrected chi connectivity index (χ2v) is 4.51. The van der Waals surface area contributed by atoms with Gasteiger partial charge in [-0.3, -0.25) is 14.7 Å². The van der Waals surface area contributed by atoms with Gasteiger partial charge in [0.05, 0.1) is 12.2 Å². The first kappa shape index (κ1) is 12.2. The first-order chi connectivity index (χ1) is 9.63. The zero-order valence-electron chi connectivity index (χ0n) is 10.6. The summed E-state index contributed by atoms with van der Waals surface area (Å²) in [6.07, 6.45) is 0. The van der Waals surface area contributed by atoms with E-state index in [0.29, 0.717) is 11.5 Å². The molecule has 2 heterocycles. The molecule has 7 heteroatoms. The lowest BCUT2D eigenvalue weighted by Crippen LogP contribution is -2.51. The molecular formula is C13H13N5O2. The molecule has 1 saturated heterocycles. The molecule has 2 aromatic rings. The van der Waals surface area contributed by atoms with Crippen LogP contribution >= 0.6 is 0 Å². The van der Waals surface area contributed by atoms with E-state index < -0.39 is 0 Å². The van der Waals surface area contributed by atoms with Crippen LogP contribution in [0.2, 0.25) is 0 Å². The van der Waals surface area contributed by atoms with Crippen molar-refractivity contribution in [1.82, 2.24) is 15.5 Å². The lowest BCUT2D eigenvalue weighted by molar-refractivity contribution is -0.128. The Bertz CT molecular complexity index is 662. The van der Waals surface area contributed by atoms with E-state index in [1.165, 1.54) is 4.90 Å². The maximum Gasteiger partial charge on any atom is 0.246 e. The minimum absolute atomic E-state index is 0.0394. The Morgan fingerprint density at radius 1 is 1.20 bits per heavy atom. The predicted molar refractivity (Wildman–Crippen MR) is 73.8 cm³/mol. The van der Waals surface area contributed by atoms with E-state index >= 15 is 0 Å². The molecule has 4 N–H and O–H groups in total. The summed E-state index contributed by atoms with van der Waals surface area (Å²) < 4.78 is 0. The number of hydrogen-bond acceptors (Lipinski definition) is 4. The first-order valence-corrected chi connectivity index (χ1v) is 6.12. The Morgan fingerprint density at radius 2 is 1.95 bits per heavy atom. The standard InChI is InChI=1S/C13H13N5O2/c14-11-5-10(16-17-11)8-1-3-9(4-2-8)18-7-12(19)15-6-13(18)20/h1-5H,6-7H2,(H,15,19)(H3,14,16,17). The van der Waals surface area contributed by atoms with Crippen LogP contribution in [-0.4, -0.2) is 35.1 Å². The van der Waals surface area contributed by atoms with E-state index in [1.54, 1.807) is 18.2 Å². The van der Waals surface area contributed by atoms with Crippen molar-refractivity contribution < 1.29 is 9.59 Å². The summed E-state index contributed by atoms with van der Waals surface area (Å²) >= 11 is 0. The third-order valence-electron chi connectivity index (χ3n) is 3.13. The quantitative estimate of drug-likeness (QED) is 0.721. The average molecular weight is 271 g/mol. The number of H-pyrrole nitrogens is 1. The van der Waals surface area contributed by atoms with Gasteiger partial charge in [-0.1, -0.05) is 12.1 Å². The molecule has 0 bridgehead atoms. The van der Waals surface area contributed by atoms with Gasteiger partial charge in [0.2, 0.25) is 11.8 Å². The van der Waals surface area contributed by atoms with Gasteiger partial charge in [-0.15, -0.1) is 0 Å². The Morgan fingerprint density at radius 3 is 2.60 bits per heavy atom. The molecular weight excluding hydrogens is 258 g/mol. The lowest BCUT2D eigenvalue weighted by atomic mass is 10.1. The number of carbonyl (C=O) groups excluding carboxylic acids is 2. The highest BCUT2D eigenvalue weighted by Crippen LogP contribution is 2.23. The number of benzene rings is 1. The van der Waals surface area contributed by atoms with Crippen LogP contribution in [0.4, 0.5) is 11.5 Å². The molecule has 2 amide bonds. The van der Waals surface area contributed by atoms with E-state index in [0.717, 1.165) is 11.3 Å². The van der Waals surface area contributed by atoms with Crippen molar-refractivity contribution in [2.45, 2.75) is 0 Å². The van der Waals surface area contributed by atoms with E-state index in [1.807, 2.05) is 12.1 Å². The van der Waals surface area contributed by atoms with Crippen LogP contribution < -0.4 is 16.0 Å². The summed E-state index contributed by atoms with van der Waals surface area (Å²) in [5.74, 6) is 0.144. The van der Waals surface area contributed by atoms with Crippen LogP contribution in [0.3, 0.4) is 0 Å². The number of amides is 2. The van der Waals surface area contributed by atoms with E-state index in [4.69, 9.17) is 5.73 Å². The number of nitrogens with one attached hydrogen (secondary N) is 2. The molecule has 1 aliphatic rings. The summed E-state index contributed by atoms with van der Waals surface area (Å²) in [6.45, 7) is 0.0901. The number of anilines is 2. The van der Waals surface area contributed by atoms with E-state index in [2.05, 4.69) is 15.5 Å². The molecule has 0 aliphatic carbocycles. The summed E-state index contributed by atoms with van der Waals surface area (Å²) in [4.78, 5) is 24.6. The Labute approximate surface area is 114 Å². The Balaban J connectivity index is 1.85. The fourth-order valence-electron chi connectivity index (χ4n) is 2.10. The number of carbonyl (C=O) groups is 2. The summed E-state index contributed by atoms with van der Waals surface area (Å²) in [6, 6.07) is 9.02. The number of piperazine rings is 1. The first-order valence-electron chi connectivity index (χ1n) is 6.12. The monoisotopic (exact) mass is 271 g/mol. The van der Waals surface area contributed by atoms with Crippen molar-refractivity contribution in [2.24, 2.45) is 0 Å². The SMILES string of the molecule is Nc1cc(-c2ccc(N3CC(=O)NCC3=O)cc2)[nH]n1. The minimum Gasteiger partial charge on any atom is -0.382 e. The van der Waals surface area contributed by atoms with Gasteiger partial charge in [-0.25, -0.2) is 0 Å². The van der Waals surface area contributed by atoms with Crippen LogP contribution in [0.1, 0.15) is 0 Å². The molecule has 0 radical (unpaired) electrons. The van der Waals surface area contributed by atoms with Crippen LogP contribution in [-0.2, 0) is 9.59 Å². The summed E-state index contributed by atoms with van der Waals surface area (Å²) in [5.41, 5.74) is 7.96. The zero-order valence-corrected chi connectivity index (χ0v) is 10.6. The average Bonchev–Trinajstić information content (AvgIpc) is 2.88. The van der Waals surface area contributed by atoms with Crippen LogP contribution in [0.25, 0.3) is 11.3 Å². The van der Waals surface area contributed by atoms with Crippen molar-refractivity contribution in [3.05, 3.63) is 30.3 Å². The smallest absolute Gasteiger partial charge is 0.246 e. The molecule has 102 valence electrons. The minimum atomic E-state index is -0.157. The number of nitrogens with zero attached hydrogens (tertiary/aromatic N) is 2. The Kier molecular flexibility index (Phi) is 2.86. The highest BCUT2D eigenvalue weighted by atomic mass is 16.2. The van der Waals surface area contributed by atoms with Gasteiger partial charge < -0.3 is 16.0 Å². The van der Waals surface area contributed by atoms with Crippen molar-refractivity contribution in [3.63, 3.8) is 0 Å². The fraction of sp³-hybridized carbons (Fsp3) is 0.154. The molecule has 0 atom stereocenters. The maximum absolute atomic E-state index is 11.8. The second kappa shape index (κ2) is 4.69. The van der Waals surface area contributed by atoms with Gasteiger partial charge in [0, 0.05) is 11.8 Å². The third-order valence-corrected chi connectivity index (χ3v) is 3.13. The normalized spacial score (nSPS) is 15.3. The zero-order chi connectivity index (χ0) is 14.1. The van der Waals surface area contributed by atoms with Gasteiger partial charge in [0.15, 0.2) is 0 Å². The van der Waals surface area contributed by atoms with Crippen LogP contribution in [0, 0.1) is 0 Å². The molecule has 1 fully saturated rings. The number of nitrogen functional groups attached to an aromatic ring is 1. The van der Waals surface area contributed by atoms with Gasteiger partial charge >= 0.3 is 0 Å². The van der Waals surface area contributed by atoms with Crippen LogP contribution in [0.15, 0.2) is 30.3 Å². The number of hydrogen-bond donors (Lipinski definition) is 3. The highest BCUT2D eigenvalue weighted by Gasteiger charge is 2.24. The van der Waals surface area contributed by atoms with Gasteiger partial charge in [0.1, 0.15) is 12.4 Å². The predicted octanol–water partition coefficient (Wildman–Crippen LogP) is 0.122. The second-order valence-electron chi connectivity index (χ2n) is 4.51. The van der Waals surface area contributed by atoms with Gasteiger partial charge in [-0.05, 0) is 17.7 Å². The van der Waals surface area contributed by atoms with Crippen molar-refractivity contribution in [2.75, 3.05) is 23.7 Å². The molecule has 1 aromatic carbocycles. The van der Waals surface area contributed by atoms with Gasteiger partial charge in [-0.2, -0.15) is 5.10 Å². The van der Waals surface area contributed by atoms with Crippen molar-refractivity contribution in [1.29, 1.82) is 0 Å². The Hall–Kier alpha value is -2.83. The number of nitrogens with two attached hydrogens (primary N) is 1. The number of aromatic amines is 1. The summed E-state index contributed by atoms with van der Waals surface area (Å²) in [5, 5.41) is 9.19. The third kappa shape index (κ3) is 2.20. The molecule has 3 rings (SSSR count). The fourth-order valence-corrected chi connectivity index (χ4v) is 2.10. The summed E-state index contributed by atoms with van der Waals surface area (Å²) in [7, 11) is 0. The van der Waals surface area contributed by atoms with E-state index in [9.17, 15) is 9.59 Å². The molecule has 20 heavy (non-hydrogen) atoms. The number of rotatable bonds is 2. The topological polar surface area (TPSA) is 104 Å². The van der Waals surface area contributed by atoms with Crippen molar-refractivity contribution >= 4 is 23.3 Å². The lowest BCUT2D eigenvalue weighted by Gasteiger charge is -2.26. The van der Waals surface area contributed by atoms with Gasteiger partial charge in [0.25, 0.3) is 0 Å².